The standard InChI is InChI=1S/C23H40F2O4Si/c1-10-11-12-16(2)21(27-7)17(3)18(29-30(8,9)22(4,5)6)15-19-23(24,25)14-13-20(26)28-19/h10-11,13-14,16-19,21H,12,15H2,1-9H3/b11-10+/t16-,17+,18+,19-,21+/m0/s1. The Morgan fingerprint density at radius 1 is 1.30 bits per heavy atom. The van der Waals surface area contributed by atoms with E-state index in [0.29, 0.717) is 6.08 Å². The molecule has 1 aliphatic heterocycles. The van der Waals surface area contributed by atoms with Gasteiger partial charge in [0.1, 0.15) is 0 Å². The van der Waals surface area contributed by atoms with Gasteiger partial charge in [0.05, 0.1) is 12.2 Å². The summed E-state index contributed by atoms with van der Waals surface area (Å²) in [6.45, 7) is 16.6. The molecule has 0 spiro atoms. The lowest BCUT2D eigenvalue weighted by atomic mass is 9.84. The molecule has 1 rings (SSSR count). The first-order valence-electron chi connectivity index (χ1n) is 10.8. The lowest BCUT2D eigenvalue weighted by Gasteiger charge is -2.44. The van der Waals surface area contributed by atoms with E-state index in [4.69, 9.17) is 13.9 Å². The van der Waals surface area contributed by atoms with E-state index in [-0.39, 0.29) is 29.4 Å². The monoisotopic (exact) mass is 446 g/mol. The van der Waals surface area contributed by atoms with Crippen molar-refractivity contribution >= 4 is 14.3 Å². The molecular weight excluding hydrogens is 406 g/mol. The van der Waals surface area contributed by atoms with E-state index in [2.05, 4.69) is 46.9 Å². The Morgan fingerprint density at radius 3 is 2.40 bits per heavy atom. The molecule has 0 aliphatic carbocycles. The van der Waals surface area contributed by atoms with Crippen LogP contribution in [0.25, 0.3) is 0 Å². The average Bonchev–Trinajstić information content (AvgIpc) is 2.62. The summed E-state index contributed by atoms with van der Waals surface area (Å²) in [5.41, 5.74) is 0. The van der Waals surface area contributed by atoms with Gasteiger partial charge < -0.3 is 13.9 Å². The summed E-state index contributed by atoms with van der Waals surface area (Å²) in [6, 6.07) is 0. The lowest BCUT2D eigenvalue weighted by Crippen LogP contribution is -2.51. The van der Waals surface area contributed by atoms with Crippen LogP contribution in [0.15, 0.2) is 24.3 Å². The zero-order valence-electron chi connectivity index (χ0n) is 20.0. The van der Waals surface area contributed by atoms with Gasteiger partial charge in [0.2, 0.25) is 0 Å². The van der Waals surface area contributed by atoms with Crippen molar-refractivity contribution in [1.82, 2.24) is 0 Å². The molecule has 7 heteroatoms. The SMILES string of the molecule is C/C=C/C[C@H](C)[C@@H](OC)[C@H](C)[C@@H](C[C@@H]1OC(=O)C=CC1(F)F)O[Si](C)(C)C(C)(C)C. The van der Waals surface area contributed by atoms with Crippen molar-refractivity contribution in [3.8, 4) is 0 Å². The van der Waals surface area contributed by atoms with Gasteiger partial charge in [-0.25, -0.2) is 4.79 Å². The fourth-order valence-electron chi connectivity index (χ4n) is 3.55. The molecule has 0 aromatic rings. The van der Waals surface area contributed by atoms with Crippen LogP contribution in [0.5, 0.6) is 0 Å². The Balaban J connectivity index is 3.22. The number of halogens is 2. The first kappa shape index (κ1) is 27.0. The summed E-state index contributed by atoms with van der Waals surface area (Å²) in [4.78, 5) is 11.7. The maximum atomic E-state index is 14.5. The highest BCUT2D eigenvalue weighted by atomic mass is 28.4. The summed E-state index contributed by atoms with van der Waals surface area (Å²) >= 11 is 0. The molecule has 1 aliphatic rings. The van der Waals surface area contributed by atoms with E-state index in [9.17, 15) is 13.6 Å². The topological polar surface area (TPSA) is 44.8 Å². The van der Waals surface area contributed by atoms with E-state index in [1.807, 2.05) is 19.9 Å². The average molecular weight is 447 g/mol. The molecule has 0 saturated heterocycles. The number of hydrogen-bond donors (Lipinski definition) is 0. The molecule has 0 unspecified atom stereocenters. The van der Waals surface area contributed by atoms with Crippen LogP contribution >= 0.6 is 0 Å². The first-order valence-corrected chi connectivity index (χ1v) is 13.7. The van der Waals surface area contributed by atoms with Crippen LogP contribution in [0.3, 0.4) is 0 Å². The van der Waals surface area contributed by atoms with Crippen LogP contribution in [0, 0.1) is 11.8 Å². The number of methoxy groups -OCH3 is 1. The molecule has 30 heavy (non-hydrogen) atoms. The molecule has 174 valence electrons. The Kier molecular flexibility index (Phi) is 9.45. The van der Waals surface area contributed by atoms with Crippen LogP contribution in [0.1, 0.15) is 54.4 Å². The van der Waals surface area contributed by atoms with Gasteiger partial charge in [-0.15, -0.1) is 0 Å². The molecule has 0 fully saturated rings. The highest BCUT2D eigenvalue weighted by Gasteiger charge is 2.48. The van der Waals surface area contributed by atoms with Crippen molar-refractivity contribution < 1.29 is 27.5 Å². The van der Waals surface area contributed by atoms with Crippen molar-refractivity contribution in [2.45, 2.75) is 96.8 Å². The van der Waals surface area contributed by atoms with Crippen LogP contribution in [-0.4, -0.2) is 45.6 Å². The van der Waals surface area contributed by atoms with Crippen molar-refractivity contribution in [3.63, 3.8) is 0 Å². The number of alkyl halides is 2. The van der Waals surface area contributed by atoms with Gasteiger partial charge in [-0.1, -0.05) is 46.8 Å². The molecule has 4 nitrogen and oxygen atoms in total. The predicted molar refractivity (Wildman–Crippen MR) is 119 cm³/mol. The normalized spacial score (nSPS) is 23.8. The van der Waals surface area contributed by atoms with Crippen LogP contribution in [0.2, 0.25) is 18.1 Å². The van der Waals surface area contributed by atoms with Gasteiger partial charge in [-0.2, -0.15) is 8.78 Å². The third-order valence-corrected chi connectivity index (χ3v) is 11.0. The first-order chi connectivity index (χ1) is 13.7. The van der Waals surface area contributed by atoms with Crippen LogP contribution in [-0.2, 0) is 18.7 Å². The summed E-state index contributed by atoms with van der Waals surface area (Å²) in [5, 5.41) is -0.0875. The minimum atomic E-state index is -3.22. The van der Waals surface area contributed by atoms with Crippen LogP contribution < -0.4 is 0 Å². The molecule has 0 aromatic carbocycles. The van der Waals surface area contributed by atoms with Crippen molar-refractivity contribution in [3.05, 3.63) is 24.3 Å². The van der Waals surface area contributed by atoms with E-state index >= 15 is 0 Å². The third kappa shape index (κ3) is 6.99. The minimum absolute atomic E-state index is 0.0764. The molecule has 0 aromatic heterocycles. The fraction of sp³-hybridized carbons (Fsp3) is 0.783. The maximum absolute atomic E-state index is 14.5. The molecule has 0 bridgehead atoms. The Bertz CT molecular complexity index is 625. The van der Waals surface area contributed by atoms with E-state index < -0.39 is 32.4 Å². The number of cyclic esters (lactones) is 1. The van der Waals surface area contributed by atoms with Gasteiger partial charge >= 0.3 is 11.9 Å². The zero-order valence-corrected chi connectivity index (χ0v) is 21.0. The molecule has 1 heterocycles. The van der Waals surface area contributed by atoms with Gasteiger partial charge in [-0.05, 0) is 43.5 Å². The number of ether oxygens (including phenoxy) is 2. The predicted octanol–water partition coefficient (Wildman–Crippen LogP) is 6.14. The smallest absolute Gasteiger partial charge is 0.331 e. The maximum Gasteiger partial charge on any atom is 0.331 e. The van der Waals surface area contributed by atoms with E-state index in [1.165, 1.54) is 0 Å². The number of carbonyl (C=O) groups excluding carboxylic acids is 1. The highest BCUT2D eigenvalue weighted by Crippen LogP contribution is 2.41. The summed E-state index contributed by atoms with van der Waals surface area (Å²) < 4.78 is 46.4. The molecule has 0 N–H and O–H groups in total. The summed E-state index contributed by atoms with van der Waals surface area (Å²) in [7, 11) is -0.623. The van der Waals surface area contributed by atoms with Crippen molar-refractivity contribution in [2.24, 2.45) is 11.8 Å². The minimum Gasteiger partial charge on any atom is -0.452 e. The van der Waals surface area contributed by atoms with Crippen LogP contribution in [0.4, 0.5) is 8.78 Å². The van der Waals surface area contributed by atoms with E-state index in [1.54, 1.807) is 7.11 Å². The number of rotatable bonds is 10. The van der Waals surface area contributed by atoms with Gasteiger partial charge in [0, 0.05) is 25.5 Å². The van der Waals surface area contributed by atoms with Gasteiger partial charge in [0.15, 0.2) is 14.4 Å². The third-order valence-electron chi connectivity index (χ3n) is 6.51. The van der Waals surface area contributed by atoms with Crippen molar-refractivity contribution in [1.29, 1.82) is 0 Å². The largest absolute Gasteiger partial charge is 0.452 e. The molecule has 0 amide bonds. The Morgan fingerprint density at radius 2 is 1.90 bits per heavy atom. The summed E-state index contributed by atoms with van der Waals surface area (Å²) in [5.74, 6) is -3.94. The second-order valence-electron chi connectivity index (χ2n) is 9.93. The number of carbonyl (C=O) groups is 1. The van der Waals surface area contributed by atoms with Crippen molar-refractivity contribution in [2.75, 3.05) is 7.11 Å². The number of allylic oxidation sites excluding steroid dienone is 2. The quantitative estimate of drug-likeness (QED) is 0.230. The highest BCUT2D eigenvalue weighted by molar-refractivity contribution is 6.74. The summed E-state index contributed by atoms with van der Waals surface area (Å²) in [6.07, 6.45) is 3.99. The van der Waals surface area contributed by atoms with Gasteiger partial charge in [0.25, 0.3) is 0 Å². The number of esters is 1. The second-order valence-corrected chi connectivity index (χ2v) is 14.7. The molecule has 0 saturated carbocycles. The van der Waals surface area contributed by atoms with Gasteiger partial charge in [-0.3, -0.25) is 0 Å². The number of hydrogen-bond acceptors (Lipinski definition) is 4. The fourth-order valence-corrected chi connectivity index (χ4v) is 4.97. The Hall–Kier alpha value is -1.05. The lowest BCUT2D eigenvalue weighted by molar-refractivity contribution is -0.170. The molecule has 0 radical (unpaired) electrons. The van der Waals surface area contributed by atoms with E-state index in [0.717, 1.165) is 12.5 Å². The molecular formula is C23H40F2O4Si. The molecule has 5 atom stereocenters. The second kappa shape index (κ2) is 10.5. The Labute approximate surface area is 182 Å². The zero-order chi connectivity index (χ0) is 23.3.